The molecule has 0 saturated carbocycles. The van der Waals surface area contributed by atoms with Crippen molar-refractivity contribution in [1.29, 1.82) is 0 Å². The molecular weight excluding hydrogens is 326 g/mol. The quantitative estimate of drug-likeness (QED) is 0.631. The van der Waals surface area contributed by atoms with Crippen LogP contribution < -0.4 is 10.1 Å². The van der Waals surface area contributed by atoms with E-state index in [9.17, 15) is 0 Å². The van der Waals surface area contributed by atoms with E-state index in [0.29, 0.717) is 6.61 Å². The molecule has 2 nitrogen and oxygen atoms in total. The first kappa shape index (κ1) is 16.1. The van der Waals surface area contributed by atoms with Crippen molar-refractivity contribution in [2.24, 2.45) is 0 Å². The largest absolute Gasteiger partial charge is 0.489 e. The molecule has 23 heavy (non-hydrogen) atoms. The van der Waals surface area contributed by atoms with E-state index in [1.54, 1.807) is 11.3 Å². The van der Waals surface area contributed by atoms with Crippen LogP contribution >= 0.6 is 22.9 Å². The van der Waals surface area contributed by atoms with Gasteiger partial charge in [0.2, 0.25) is 0 Å². The van der Waals surface area contributed by atoms with Gasteiger partial charge < -0.3 is 10.1 Å². The van der Waals surface area contributed by atoms with E-state index >= 15 is 0 Å². The number of hydrogen-bond donors (Lipinski definition) is 1. The minimum absolute atomic E-state index is 0.516. The Kier molecular flexibility index (Phi) is 5.70. The van der Waals surface area contributed by atoms with E-state index in [1.807, 2.05) is 42.5 Å². The molecule has 0 saturated heterocycles. The highest BCUT2D eigenvalue weighted by Crippen LogP contribution is 2.20. The summed E-state index contributed by atoms with van der Waals surface area (Å²) in [6, 6.07) is 20.1. The Labute approximate surface area is 145 Å². The zero-order valence-corrected chi connectivity index (χ0v) is 14.2. The van der Waals surface area contributed by atoms with Crippen LogP contribution in [-0.4, -0.2) is 0 Å². The van der Waals surface area contributed by atoms with Gasteiger partial charge in [0.15, 0.2) is 0 Å². The van der Waals surface area contributed by atoms with E-state index in [0.717, 1.165) is 35.0 Å². The van der Waals surface area contributed by atoms with Gasteiger partial charge in [-0.1, -0.05) is 48.0 Å². The fourth-order valence-corrected chi connectivity index (χ4v) is 3.20. The second-order valence-corrected chi connectivity index (χ2v) is 6.68. The highest BCUT2D eigenvalue weighted by Gasteiger charge is 2.04. The van der Waals surface area contributed by atoms with Crippen LogP contribution in [0.4, 0.5) is 0 Å². The van der Waals surface area contributed by atoms with Crippen molar-refractivity contribution < 1.29 is 4.74 Å². The van der Waals surface area contributed by atoms with Gasteiger partial charge >= 0.3 is 0 Å². The molecule has 0 bridgehead atoms. The minimum Gasteiger partial charge on any atom is -0.489 e. The molecule has 118 valence electrons. The van der Waals surface area contributed by atoms with Gasteiger partial charge in [0.1, 0.15) is 12.4 Å². The molecule has 2 aromatic carbocycles. The van der Waals surface area contributed by atoms with Crippen LogP contribution in [0.3, 0.4) is 0 Å². The summed E-state index contributed by atoms with van der Waals surface area (Å²) in [5, 5.41) is 6.29. The molecule has 0 radical (unpaired) electrons. The third kappa shape index (κ3) is 4.83. The Hall–Kier alpha value is -1.81. The van der Waals surface area contributed by atoms with Crippen molar-refractivity contribution in [3.8, 4) is 5.75 Å². The summed E-state index contributed by atoms with van der Waals surface area (Å²) >= 11 is 7.78. The van der Waals surface area contributed by atoms with Gasteiger partial charge in [0.05, 0.1) is 0 Å². The van der Waals surface area contributed by atoms with Gasteiger partial charge in [0.25, 0.3) is 0 Å². The molecule has 0 fully saturated rings. The molecule has 0 aliphatic carbocycles. The van der Waals surface area contributed by atoms with Gasteiger partial charge in [-0.25, -0.2) is 0 Å². The number of rotatable bonds is 7. The van der Waals surface area contributed by atoms with Gasteiger partial charge in [-0.3, -0.25) is 0 Å². The first-order valence-electron chi connectivity index (χ1n) is 7.49. The van der Waals surface area contributed by atoms with Crippen LogP contribution in [-0.2, 0) is 19.7 Å². The molecule has 0 unspecified atom stereocenters. The highest BCUT2D eigenvalue weighted by atomic mass is 35.5. The number of benzene rings is 2. The molecule has 1 N–H and O–H groups in total. The van der Waals surface area contributed by atoms with Gasteiger partial charge in [-0.2, -0.15) is 0 Å². The molecule has 4 heteroatoms. The van der Waals surface area contributed by atoms with Gasteiger partial charge in [-0.05, 0) is 35.2 Å². The third-order valence-electron chi connectivity index (χ3n) is 3.45. The summed E-state index contributed by atoms with van der Waals surface area (Å²) in [4.78, 5) is 1.34. The Balaban J connectivity index is 1.58. The van der Waals surface area contributed by atoms with E-state index in [1.165, 1.54) is 4.88 Å². The van der Waals surface area contributed by atoms with Crippen molar-refractivity contribution in [2.75, 3.05) is 0 Å². The number of ether oxygens (including phenoxy) is 1. The lowest BCUT2D eigenvalue weighted by molar-refractivity contribution is 0.302. The SMILES string of the molecule is Clc1cccc(COc2ccccc2CNCc2cccs2)c1. The van der Waals surface area contributed by atoms with Crippen LogP contribution in [0, 0.1) is 0 Å². The van der Waals surface area contributed by atoms with Crippen molar-refractivity contribution in [2.45, 2.75) is 19.7 Å². The van der Waals surface area contributed by atoms with Gasteiger partial charge in [-0.15, -0.1) is 11.3 Å². The number of halogens is 1. The highest BCUT2D eigenvalue weighted by molar-refractivity contribution is 7.09. The first-order chi connectivity index (χ1) is 11.3. The maximum atomic E-state index is 6.01. The summed E-state index contributed by atoms with van der Waals surface area (Å²) < 4.78 is 5.97. The number of hydrogen-bond acceptors (Lipinski definition) is 3. The standard InChI is InChI=1S/C19H18ClNOS/c20-17-7-3-5-15(11-17)14-22-19-9-2-1-6-16(19)12-21-13-18-8-4-10-23-18/h1-11,21H,12-14H2. The van der Waals surface area contributed by atoms with Crippen LogP contribution in [0.25, 0.3) is 0 Å². The topological polar surface area (TPSA) is 21.3 Å². The molecule has 3 aromatic rings. The second kappa shape index (κ2) is 8.16. The maximum absolute atomic E-state index is 6.01. The Morgan fingerprint density at radius 2 is 1.87 bits per heavy atom. The van der Waals surface area contributed by atoms with Crippen LogP contribution in [0.2, 0.25) is 5.02 Å². The molecule has 0 spiro atoms. The summed E-state index contributed by atoms with van der Waals surface area (Å²) in [5.41, 5.74) is 2.23. The number of thiophene rings is 1. The van der Waals surface area contributed by atoms with E-state index in [-0.39, 0.29) is 0 Å². The fourth-order valence-electron chi connectivity index (χ4n) is 2.31. The molecular formula is C19H18ClNOS. The molecule has 0 atom stereocenters. The first-order valence-corrected chi connectivity index (χ1v) is 8.75. The van der Waals surface area contributed by atoms with E-state index in [4.69, 9.17) is 16.3 Å². The van der Waals surface area contributed by atoms with E-state index in [2.05, 4.69) is 28.9 Å². The lowest BCUT2D eigenvalue weighted by Crippen LogP contribution is -2.12. The normalized spacial score (nSPS) is 10.7. The van der Waals surface area contributed by atoms with Crippen molar-refractivity contribution in [3.05, 3.63) is 87.1 Å². The summed E-state index contributed by atoms with van der Waals surface area (Å²) in [6.07, 6.45) is 0. The second-order valence-electron chi connectivity index (χ2n) is 5.21. The molecule has 1 heterocycles. The maximum Gasteiger partial charge on any atom is 0.124 e. The Morgan fingerprint density at radius 3 is 2.70 bits per heavy atom. The molecule has 0 amide bonds. The summed E-state index contributed by atoms with van der Waals surface area (Å²) in [6.45, 7) is 2.17. The van der Waals surface area contributed by atoms with Crippen molar-refractivity contribution >= 4 is 22.9 Å². The van der Waals surface area contributed by atoms with Crippen LogP contribution in [0.5, 0.6) is 5.75 Å². The third-order valence-corrected chi connectivity index (χ3v) is 4.56. The average molecular weight is 344 g/mol. The molecule has 0 aliphatic rings. The number of para-hydroxylation sites is 1. The zero-order chi connectivity index (χ0) is 15.9. The van der Waals surface area contributed by atoms with Crippen molar-refractivity contribution in [3.63, 3.8) is 0 Å². The predicted molar refractivity (Wildman–Crippen MR) is 97.1 cm³/mol. The monoisotopic (exact) mass is 343 g/mol. The number of nitrogens with one attached hydrogen (secondary N) is 1. The molecule has 1 aromatic heterocycles. The minimum atomic E-state index is 0.516. The Bertz CT molecular complexity index is 743. The lowest BCUT2D eigenvalue weighted by atomic mass is 10.2. The summed E-state index contributed by atoms with van der Waals surface area (Å²) in [5.74, 6) is 0.908. The molecule has 0 aliphatic heterocycles. The predicted octanol–water partition coefficient (Wildman–Crippen LogP) is 5.27. The average Bonchev–Trinajstić information content (AvgIpc) is 3.07. The lowest BCUT2D eigenvalue weighted by Gasteiger charge is -2.12. The van der Waals surface area contributed by atoms with Gasteiger partial charge in [0, 0.05) is 28.6 Å². The summed E-state index contributed by atoms with van der Waals surface area (Å²) in [7, 11) is 0. The van der Waals surface area contributed by atoms with Crippen LogP contribution in [0.15, 0.2) is 66.0 Å². The van der Waals surface area contributed by atoms with E-state index < -0.39 is 0 Å². The molecule has 3 rings (SSSR count). The van der Waals surface area contributed by atoms with Crippen LogP contribution in [0.1, 0.15) is 16.0 Å². The zero-order valence-electron chi connectivity index (χ0n) is 12.7. The fraction of sp³-hybridized carbons (Fsp3) is 0.158. The smallest absolute Gasteiger partial charge is 0.124 e. The van der Waals surface area contributed by atoms with Crippen molar-refractivity contribution in [1.82, 2.24) is 5.32 Å². The Morgan fingerprint density at radius 1 is 0.957 bits per heavy atom.